The van der Waals surface area contributed by atoms with Crippen LogP contribution >= 0.6 is 0 Å². The van der Waals surface area contributed by atoms with E-state index in [9.17, 15) is 14.3 Å². The van der Waals surface area contributed by atoms with E-state index in [1.807, 2.05) is 56.3 Å². The van der Waals surface area contributed by atoms with Gasteiger partial charge in [-0.25, -0.2) is 4.39 Å². The standard InChI is InChI=1S/C23H22FN3O2/c1-13(2)20(12-28)25-23(29)17-10-18-21(26-27-22(18)19(24)11-17)16-8-7-14-5-3-4-6-15(14)9-16/h3-11,13,20,28H,12H2,1-2H3,(H,25,29)(H,26,27)/t20-/m1/s1. The number of nitrogens with one attached hydrogen (secondary N) is 2. The third-order valence-electron chi connectivity index (χ3n) is 5.23. The number of halogens is 1. The van der Waals surface area contributed by atoms with Crippen LogP contribution in [0.2, 0.25) is 0 Å². The quantitative estimate of drug-likeness (QED) is 0.475. The van der Waals surface area contributed by atoms with Gasteiger partial charge in [-0.15, -0.1) is 0 Å². The average molecular weight is 391 g/mol. The number of aliphatic hydroxyl groups is 1. The molecular weight excluding hydrogens is 369 g/mol. The number of benzene rings is 3. The number of aromatic amines is 1. The van der Waals surface area contributed by atoms with Gasteiger partial charge >= 0.3 is 0 Å². The highest BCUT2D eigenvalue weighted by Crippen LogP contribution is 2.31. The van der Waals surface area contributed by atoms with Crippen molar-refractivity contribution in [1.82, 2.24) is 15.5 Å². The molecule has 0 aliphatic heterocycles. The molecule has 4 aromatic rings. The van der Waals surface area contributed by atoms with Crippen LogP contribution in [-0.2, 0) is 0 Å². The highest BCUT2D eigenvalue weighted by atomic mass is 19.1. The van der Waals surface area contributed by atoms with E-state index < -0.39 is 17.8 Å². The van der Waals surface area contributed by atoms with Gasteiger partial charge in [0.1, 0.15) is 5.52 Å². The molecule has 5 nitrogen and oxygen atoms in total. The number of hydrogen-bond donors (Lipinski definition) is 3. The van der Waals surface area contributed by atoms with Crippen LogP contribution in [0.4, 0.5) is 4.39 Å². The Morgan fingerprint density at radius 2 is 1.90 bits per heavy atom. The van der Waals surface area contributed by atoms with Gasteiger partial charge in [0.25, 0.3) is 5.91 Å². The van der Waals surface area contributed by atoms with Gasteiger partial charge in [-0.05, 0) is 34.9 Å². The number of amides is 1. The van der Waals surface area contributed by atoms with Crippen molar-refractivity contribution >= 4 is 27.6 Å². The van der Waals surface area contributed by atoms with Crippen LogP contribution in [0.15, 0.2) is 54.6 Å². The summed E-state index contributed by atoms with van der Waals surface area (Å²) in [5.41, 5.74) is 1.89. The molecule has 0 aliphatic carbocycles. The molecule has 0 bridgehead atoms. The van der Waals surface area contributed by atoms with Gasteiger partial charge < -0.3 is 10.4 Å². The first-order chi connectivity index (χ1) is 14.0. The fraction of sp³-hybridized carbons (Fsp3) is 0.217. The van der Waals surface area contributed by atoms with Gasteiger partial charge in [0.05, 0.1) is 18.3 Å². The highest BCUT2D eigenvalue weighted by molar-refractivity contribution is 6.02. The molecule has 1 heterocycles. The summed E-state index contributed by atoms with van der Waals surface area (Å²) in [6.07, 6.45) is 0. The first-order valence-corrected chi connectivity index (χ1v) is 9.56. The fourth-order valence-electron chi connectivity index (χ4n) is 3.45. The SMILES string of the molecule is CC(C)[C@@H](CO)NC(=O)c1cc(F)c2n[nH]c(-c3ccc4ccccc4c3)c2c1. The van der Waals surface area contributed by atoms with E-state index >= 15 is 0 Å². The van der Waals surface area contributed by atoms with Crippen molar-refractivity contribution in [3.63, 3.8) is 0 Å². The smallest absolute Gasteiger partial charge is 0.251 e. The Hall–Kier alpha value is -3.25. The number of carbonyl (C=O) groups is 1. The maximum Gasteiger partial charge on any atom is 0.251 e. The minimum Gasteiger partial charge on any atom is -0.394 e. The molecule has 0 saturated carbocycles. The Bertz CT molecular complexity index is 1200. The van der Waals surface area contributed by atoms with Gasteiger partial charge in [0, 0.05) is 16.5 Å². The number of rotatable bonds is 5. The zero-order valence-corrected chi connectivity index (χ0v) is 16.2. The molecule has 0 radical (unpaired) electrons. The van der Waals surface area contributed by atoms with Crippen LogP contribution in [0, 0.1) is 11.7 Å². The van der Waals surface area contributed by atoms with Crippen LogP contribution < -0.4 is 5.32 Å². The number of carbonyl (C=O) groups excluding carboxylic acids is 1. The molecule has 0 saturated heterocycles. The van der Waals surface area contributed by atoms with Crippen molar-refractivity contribution in [2.75, 3.05) is 6.61 Å². The summed E-state index contributed by atoms with van der Waals surface area (Å²) in [4.78, 5) is 12.6. The molecule has 1 amide bonds. The van der Waals surface area contributed by atoms with Crippen LogP contribution in [0.1, 0.15) is 24.2 Å². The van der Waals surface area contributed by atoms with Crippen molar-refractivity contribution in [2.24, 2.45) is 5.92 Å². The predicted octanol–water partition coefficient (Wildman–Crippen LogP) is 4.27. The lowest BCUT2D eigenvalue weighted by atomic mass is 10.0. The van der Waals surface area contributed by atoms with E-state index in [-0.39, 0.29) is 23.6 Å². The maximum atomic E-state index is 14.7. The lowest BCUT2D eigenvalue weighted by Crippen LogP contribution is -2.41. The van der Waals surface area contributed by atoms with Gasteiger partial charge in [-0.2, -0.15) is 5.10 Å². The lowest BCUT2D eigenvalue weighted by Gasteiger charge is -2.19. The third kappa shape index (κ3) is 3.59. The van der Waals surface area contributed by atoms with Crippen molar-refractivity contribution < 1.29 is 14.3 Å². The van der Waals surface area contributed by atoms with Gasteiger partial charge in [0.15, 0.2) is 5.82 Å². The number of aromatic nitrogens is 2. The van der Waals surface area contributed by atoms with Crippen molar-refractivity contribution in [3.05, 3.63) is 66.0 Å². The van der Waals surface area contributed by atoms with Crippen LogP contribution in [0.25, 0.3) is 32.9 Å². The van der Waals surface area contributed by atoms with E-state index in [0.717, 1.165) is 16.3 Å². The summed E-state index contributed by atoms with van der Waals surface area (Å²) in [6, 6.07) is 16.3. The van der Waals surface area contributed by atoms with Gasteiger partial charge in [-0.1, -0.05) is 50.2 Å². The normalized spacial score (nSPS) is 12.6. The van der Waals surface area contributed by atoms with Gasteiger partial charge in [0.2, 0.25) is 0 Å². The fourth-order valence-corrected chi connectivity index (χ4v) is 3.45. The Balaban J connectivity index is 1.77. The number of nitrogens with zero attached hydrogens (tertiary/aromatic N) is 1. The Morgan fingerprint density at radius 1 is 1.14 bits per heavy atom. The summed E-state index contributed by atoms with van der Waals surface area (Å²) in [5.74, 6) is -0.940. The first kappa shape index (κ1) is 19.1. The molecule has 4 rings (SSSR count). The molecule has 0 fully saturated rings. The van der Waals surface area contributed by atoms with E-state index in [1.165, 1.54) is 6.07 Å². The van der Waals surface area contributed by atoms with Crippen molar-refractivity contribution in [1.29, 1.82) is 0 Å². The summed E-state index contributed by atoms with van der Waals surface area (Å²) in [7, 11) is 0. The molecule has 29 heavy (non-hydrogen) atoms. The molecule has 0 unspecified atom stereocenters. The second kappa shape index (κ2) is 7.64. The van der Waals surface area contributed by atoms with Crippen LogP contribution in [0.5, 0.6) is 0 Å². The largest absolute Gasteiger partial charge is 0.394 e. The van der Waals surface area contributed by atoms with E-state index in [1.54, 1.807) is 6.07 Å². The zero-order chi connectivity index (χ0) is 20.5. The number of aliphatic hydroxyl groups excluding tert-OH is 1. The lowest BCUT2D eigenvalue weighted by molar-refractivity contribution is 0.0896. The molecule has 6 heteroatoms. The Kier molecular flexibility index (Phi) is 5.03. The molecule has 0 spiro atoms. The monoisotopic (exact) mass is 391 g/mol. The average Bonchev–Trinajstić information content (AvgIpc) is 3.15. The van der Waals surface area contributed by atoms with Crippen LogP contribution in [0.3, 0.4) is 0 Å². The molecule has 0 aliphatic rings. The van der Waals surface area contributed by atoms with E-state index in [0.29, 0.717) is 11.1 Å². The highest BCUT2D eigenvalue weighted by Gasteiger charge is 2.20. The molecule has 3 N–H and O–H groups in total. The summed E-state index contributed by atoms with van der Waals surface area (Å²) >= 11 is 0. The minimum absolute atomic E-state index is 0.0552. The predicted molar refractivity (Wildman–Crippen MR) is 112 cm³/mol. The topological polar surface area (TPSA) is 78.0 Å². The van der Waals surface area contributed by atoms with Gasteiger partial charge in [-0.3, -0.25) is 9.89 Å². The second-order valence-electron chi connectivity index (χ2n) is 7.52. The number of H-pyrrole nitrogens is 1. The number of fused-ring (bicyclic) bond motifs is 2. The Morgan fingerprint density at radius 3 is 2.62 bits per heavy atom. The van der Waals surface area contributed by atoms with E-state index in [2.05, 4.69) is 15.5 Å². The molecule has 148 valence electrons. The maximum absolute atomic E-state index is 14.7. The molecule has 3 aromatic carbocycles. The molecular formula is C23H22FN3O2. The number of hydrogen-bond acceptors (Lipinski definition) is 3. The molecule has 1 aromatic heterocycles. The first-order valence-electron chi connectivity index (χ1n) is 9.56. The second-order valence-corrected chi connectivity index (χ2v) is 7.52. The summed E-state index contributed by atoms with van der Waals surface area (Å²) in [6.45, 7) is 3.62. The zero-order valence-electron chi connectivity index (χ0n) is 16.2. The van der Waals surface area contributed by atoms with Crippen molar-refractivity contribution in [2.45, 2.75) is 19.9 Å². The van der Waals surface area contributed by atoms with E-state index in [4.69, 9.17) is 0 Å². The minimum atomic E-state index is -0.568. The molecule has 1 atom stereocenters. The van der Waals surface area contributed by atoms with Crippen LogP contribution in [-0.4, -0.2) is 33.9 Å². The summed E-state index contributed by atoms with van der Waals surface area (Å²) < 4.78 is 14.7. The summed E-state index contributed by atoms with van der Waals surface area (Å²) in [5, 5.41) is 21.9. The Labute approximate surface area is 167 Å². The third-order valence-corrected chi connectivity index (χ3v) is 5.23. The van der Waals surface area contributed by atoms with Crippen molar-refractivity contribution in [3.8, 4) is 11.3 Å².